The van der Waals surface area contributed by atoms with Gasteiger partial charge in [-0.3, -0.25) is 14.4 Å². The topological polar surface area (TPSA) is 103 Å². The summed E-state index contributed by atoms with van der Waals surface area (Å²) in [5.41, 5.74) is 0.402. The van der Waals surface area contributed by atoms with E-state index in [1.165, 1.54) is 6.26 Å². The van der Waals surface area contributed by atoms with E-state index >= 15 is 0 Å². The van der Waals surface area contributed by atoms with Crippen LogP contribution < -0.4 is 5.32 Å². The minimum Gasteiger partial charge on any atom is -0.460 e. The summed E-state index contributed by atoms with van der Waals surface area (Å²) < 4.78 is 10.4. The van der Waals surface area contributed by atoms with Crippen LogP contribution in [0.15, 0.2) is 65.3 Å². The van der Waals surface area contributed by atoms with E-state index in [2.05, 4.69) is 5.32 Å². The Balaban J connectivity index is 1.54. The van der Waals surface area contributed by atoms with E-state index in [-0.39, 0.29) is 10.9 Å². The lowest BCUT2D eigenvalue weighted by Crippen LogP contribution is -2.35. The van der Waals surface area contributed by atoms with Crippen molar-refractivity contribution < 1.29 is 28.3 Å². The molecule has 32 heavy (non-hydrogen) atoms. The molecule has 1 aromatic heterocycles. The van der Waals surface area contributed by atoms with Crippen molar-refractivity contribution in [2.75, 3.05) is 6.54 Å². The van der Waals surface area contributed by atoms with Crippen molar-refractivity contribution in [3.63, 3.8) is 0 Å². The average Bonchev–Trinajstić information content (AvgIpc) is 3.49. The first-order chi connectivity index (χ1) is 15.5. The van der Waals surface area contributed by atoms with Crippen molar-refractivity contribution in [2.24, 2.45) is 0 Å². The lowest BCUT2D eigenvalue weighted by atomic mass is 10.1. The van der Waals surface area contributed by atoms with Gasteiger partial charge in [0, 0.05) is 16.3 Å². The summed E-state index contributed by atoms with van der Waals surface area (Å²) in [5, 5.41) is 2.83. The zero-order chi connectivity index (χ0) is 22.5. The number of esters is 2. The van der Waals surface area contributed by atoms with Crippen molar-refractivity contribution in [3.8, 4) is 0 Å². The van der Waals surface area contributed by atoms with Crippen LogP contribution in [-0.2, 0) is 14.3 Å². The van der Waals surface area contributed by atoms with Gasteiger partial charge in [0.05, 0.1) is 17.9 Å². The molecule has 0 bridgehead atoms. The van der Waals surface area contributed by atoms with Crippen molar-refractivity contribution >= 4 is 45.4 Å². The molecule has 0 radical (unpaired) electrons. The second-order valence-electron chi connectivity index (χ2n) is 7.42. The van der Waals surface area contributed by atoms with Crippen molar-refractivity contribution in [1.29, 1.82) is 0 Å². The zero-order valence-corrected chi connectivity index (χ0v) is 17.9. The highest BCUT2D eigenvalue weighted by molar-refractivity contribution is 8.15. The lowest BCUT2D eigenvalue weighted by Gasteiger charge is -2.14. The van der Waals surface area contributed by atoms with Gasteiger partial charge in [0.25, 0.3) is 0 Å². The van der Waals surface area contributed by atoms with Crippen molar-refractivity contribution in [1.82, 2.24) is 5.32 Å². The molecule has 0 saturated carbocycles. The Bertz CT molecular complexity index is 1150. The maximum atomic E-state index is 13.3. The molecule has 164 valence electrons. The molecule has 1 aliphatic heterocycles. The third-order valence-electron chi connectivity index (χ3n) is 5.20. The van der Waals surface area contributed by atoms with Crippen LogP contribution in [0.3, 0.4) is 0 Å². The minimum atomic E-state index is -1.10. The number of hydrogen-bond donors (Lipinski definition) is 1. The molecule has 0 amide bonds. The molecule has 4 rings (SSSR count). The summed E-state index contributed by atoms with van der Waals surface area (Å²) in [7, 11) is 0. The Labute approximate surface area is 188 Å². The molecule has 7 nitrogen and oxygen atoms in total. The lowest BCUT2D eigenvalue weighted by molar-refractivity contribution is -0.160. The van der Waals surface area contributed by atoms with Crippen LogP contribution >= 0.6 is 11.8 Å². The molecule has 0 aliphatic carbocycles. The Morgan fingerprint density at radius 3 is 2.56 bits per heavy atom. The third-order valence-corrected chi connectivity index (χ3v) is 6.31. The summed E-state index contributed by atoms with van der Waals surface area (Å²) in [4.78, 5) is 50.7. The number of nitrogens with one attached hydrogen (secondary N) is 1. The summed E-state index contributed by atoms with van der Waals surface area (Å²) in [6, 6.07) is 15.1. The second kappa shape index (κ2) is 9.93. The molecular formula is C24H21NO6S. The van der Waals surface area contributed by atoms with Crippen LogP contribution in [-0.4, -0.2) is 40.7 Å². The van der Waals surface area contributed by atoms with Gasteiger partial charge in [0.1, 0.15) is 6.04 Å². The largest absolute Gasteiger partial charge is 0.460 e. The van der Waals surface area contributed by atoms with Crippen molar-refractivity contribution in [2.45, 2.75) is 30.6 Å². The predicted octanol–water partition coefficient (Wildman–Crippen LogP) is 3.77. The fraction of sp³-hybridized carbons (Fsp3) is 0.250. The van der Waals surface area contributed by atoms with Gasteiger partial charge >= 0.3 is 11.9 Å². The molecule has 2 atom stereocenters. The molecule has 1 N–H and O–H groups in total. The molecule has 2 heterocycles. The van der Waals surface area contributed by atoms with E-state index in [1.54, 1.807) is 48.5 Å². The van der Waals surface area contributed by atoms with Gasteiger partial charge in [-0.25, -0.2) is 4.79 Å². The van der Waals surface area contributed by atoms with Crippen LogP contribution in [0.25, 0.3) is 10.8 Å². The van der Waals surface area contributed by atoms with E-state index in [1.807, 2.05) is 6.07 Å². The Morgan fingerprint density at radius 1 is 1.06 bits per heavy atom. The summed E-state index contributed by atoms with van der Waals surface area (Å²) in [6.07, 6.45) is 2.43. The molecule has 2 aromatic carbocycles. The van der Waals surface area contributed by atoms with Crippen LogP contribution in [0.1, 0.15) is 40.2 Å². The number of fused-ring (bicyclic) bond motifs is 1. The second-order valence-corrected chi connectivity index (χ2v) is 8.60. The predicted molar refractivity (Wildman–Crippen MR) is 119 cm³/mol. The molecule has 1 saturated heterocycles. The number of carbonyl (C=O) groups is 4. The van der Waals surface area contributed by atoms with E-state index in [4.69, 9.17) is 9.15 Å². The number of ketones is 1. The van der Waals surface area contributed by atoms with E-state index in [0.717, 1.165) is 23.6 Å². The highest BCUT2D eigenvalue weighted by atomic mass is 32.2. The highest BCUT2D eigenvalue weighted by Crippen LogP contribution is 2.29. The standard InChI is InChI=1S/C24H21NO6S/c26-20(31-23(28)18-11-6-12-25-18)13-19(32-24(29)15-7-2-1-3-8-15)21(27)22-17-10-5-4-9-16(17)14-30-22/h1-5,7-10,14,18-19,25H,6,11-13H2/t18-,19?/m0/s1. The Morgan fingerprint density at radius 2 is 1.81 bits per heavy atom. The molecule has 1 fully saturated rings. The SMILES string of the molecule is O=C(CC(SC(=O)c1ccccc1)C(=O)c1occ2ccccc12)OC(=O)[C@@H]1CCCN1. The molecule has 3 aromatic rings. The van der Waals surface area contributed by atoms with Gasteiger partial charge in [-0.15, -0.1) is 0 Å². The van der Waals surface area contributed by atoms with Crippen LogP contribution in [0.2, 0.25) is 0 Å². The maximum absolute atomic E-state index is 13.3. The quantitative estimate of drug-likeness (QED) is 0.329. The normalized spacial score (nSPS) is 16.6. The molecule has 1 aliphatic rings. The summed E-state index contributed by atoms with van der Waals surface area (Å²) >= 11 is 0.724. The molecule has 8 heteroatoms. The first-order valence-corrected chi connectivity index (χ1v) is 11.2. The van der Waals surface area contributed by atoms with E-state index in [9.17, 15) is 19.2 Å². The fourth-order valence-electron chi connectivity index (χ4n) is 3.55. The Hall–Kier alpha value is -3.23. The van der Waals surface area contributed by atoms with Crippen LogP contribution in [0.4, 0.5) is 0 Å². The number of furan rings is 1. The molecule has 0 spiro atoms. The minimum absolute atomic E-state index is 0.0653. The summed E-state index contributed by atoms with van der Waals surface area (Å²) in [6.45, 7) is 0.683. The van der Waals surface area contributed by atoms with Crippen LogP contribution in [0, 0.1) is 0 Å². The number of hydrogen-bond acceptors (Lipinski definition) is 8. The monoisotopic (exact) mass is 451 g/mol. The Kier molecular flexibility index (Phi) is 6.82. The van der Waals surface area contributed by atoms with E-state index < -0.39 is 35.4 Å². The zero-order valence-electron chi connectivity index (χ0n) is 17.1. The van der Waals surface area contributed by atoms with E-state index in [0.29, 0.717) is 23.9 Å². The van der Waals surface area contributed by atoms with Gasteiger partial charge in [0.2, 0.25) is 10.9 Å². The maximum Gasteiger partial charge on any atom is 0.330 e. The van der Waals surface area contributed by atoms with Gasteiger partial charge in [-0.05, 0) is 19.4 Å². The van der Waals surface area contributed by atoms with Crippen LogP contribution in [0.5, 0.6) is 0 Å². The first kappa shape index (κ1) is 22.0. The number of rotatable bonds is 7. The number of Topliss-reactive ketones (excluding diaryl/α,β-unsaturated/α-hetero) is 1. The van der Waals surface area contributed by atoms with Gasteiger partial charge in [0.15, 0.2) is 5.76 Å². The van der Waals surface area contributed by atoms with Gasteiger partial charge in [-0.2, -0.15) is 0 Å². The molecule has 1 unspecified atom stereocenters. The van der Waals surface area contributed by atoms with Crippen molar-refractivity contribution in [3.05, 3.63) is 72.2 Å². The fourth-order valence-corrected chi connectivity index (χ4v) is 4.52. The number of benzene rings is 2. The number of thioether (sulfide) groups is 1. The molecular weight excluding hydrogens is 430 g/mol. The first-order valence-electron chi connectivity index (χ1n) is 10.3. The number of ether oxygens (including phenoxy) is 1. The van der Waals surface area contributed by atoms with Gasteiger partial charge in [-0.1, -0.05) is 66.4 Å². The highest BCUT2D eigenvalue weighted by Gasteiger charge is 2.33. The van der Waals surface area contributed by atoms with Gasteiger partial charge < -0.3 is 14.5 Å². The average molecular weight is 452 g/mol. The third kappa shape index (κ3) is 4.98. The summed E-state index contributed by atoms with van der Waals surface area (Å²) in [5.74, 6) is -1.97. The number of carbonyl (C=O) groups excluding carboxylic acids is 4. The smallest absolute Gasteiger partial charge is 0.330 e.